The maximum atomic E-state index is 12.4. The van der Waals surface area contributed by atoms with Gasteiger partial charge in [-0.25, -0.2) is 14.6 Å². The van der Waals surface area contributed by atoms with E-state index in [4.69, 9.17) is 18.9 Å². The van der Waals surface area contributed by atoms with E-state index in [1.807, 2.05) is 43.4 Å². The lowest BCUT2D eigenvalue weighted by Gasteiger charge is -2.25. The van der Waals surface area contributed by atoms with Gasteiger partial charge in [-0.05, 0) is 13.0 Å². The average Bonchev–Trinajstić information content (AvgIpc) is 3.43. The molecule has 11 nitrogen and oxygen atoms in total. The van der Waals surface area contributed by atoms with Gasteiger partial charge in [0.1, 0.15) is 0 Å². The molecular weight excluding hydrogens is 506 g/mol. The van der Waals surface area contributed by atoms with E-state index in [-0.39, 0.29) is 51.2 Å². The molecule has 0 radical (unpaired) electrons. The third-order valence-corrected chi connectivity index (χ3v) is 5.51. The zero-order valence-electron chi connectivity index (χ0n) is 23.7. The summed E-state index contributed by atoms with van der Waals surface area (Å²) in [5.74, 6) is -1.81. The predicted octanol–water partition coefficient (Wildman–Crippen LogP) is 2.95. The number of ether oxygens (including phenoxy) is 4. The normalized spacial score (nSPS) is 11.5. The molecular formula is C28H43N3O8. The molecule has 0 aromatic carbocycles. The van der Waals surface area contributed by atoms with Crippen LogP contribution >= 0.6 is 0 Å². The van der Waals surface area contributed by atoms with Crippen LogP contribution in [0.2, 0.25) is 0 Å². The summed E-state index contributed by atoms with van der Waals surface area (Å²) in [5.41, 5.74) is -1.08. The van der Waals surface area contributed by atoms with Gasteiger partial charge >= 0.3 is 23.9 Å². The molecule has 218 valence electrons. The Balaban J connectivity index is 2.53. The van der Waals surface area contributed by atoms with Crippen LogP contribution in [0, 0.1) is 10.8 Å². The van der Waals surface area contributed by atoms with Gasteiger partial charge in [-0.1, -0.05) is 40.9 Å². The van der Waals surface area contributed by atoms with Gasteiger partial charge in [-0.3, -0.25) is 9.59 Å². The lowest BCUT2D eigenvalue weighted by molar-refractivity contribution is -0.151. The standard InChI is InChI=1S/C28H43N3O8/c1-7-23(32)36-18-27(3,4)20-38-25(34)10-15-30(13-9-14-31-17-12-29-22-31)16-11-26(35)39-21-28(5,6)19-37-24(33)8-2/h7-8,12,17,22H,1-2,9-11,13-16,18-21H2,3-6H3. The number of nitrogens with zero attached hydrogens (tertiary/aromatic N) is 3. The number of hydrogen-bond donors (Lipinski definition) is 0. The molecule has 39 heavy (non-hydrogen) atoms. The Labute approximate surface area is 231 Å². The number of aryl methyl sites for hydroxylation is 1. The Morgan fingerprint density at radius 3 is 1.67 bits per heavy atom. The van der Waals surface area contributed by atoms with E-state index < -0.39 is 22.8 Å². The maximum Gasteiger partial charge on any atom is 0.330 e. The number of aromatic nitrogens is 2. The van der Waals surface area contributed by atoms with Gasteiger partial charge in [0.15, 0.2) is 0 Å². The first-order valence-corrected chi connectivity index (χ1v) is 12.9. The van der Waals surface area contributed by atoms with Gasteiger partial charge in [-0.15, -0.1) is 0 Å². The third-order valence-electron chi connectivity index (χ3n) is 5.51. The highest BCUT2D eigenvalue weighted by molar-refractivity contribution is 5.81. The molecule has 1 heterocycles. The van der Waals surface area contributed by atoms with Crippen LogP contribution in [0.1, 0.15) is 47.0 Å². The molecule has 0 spiro atoms. The summed E-state index contributed by atoms with van der Waals surface area (Å²) in [6.45, 7) is 16.6. The molecule has 0 aliphatic heterocycles. The molecule has 0 N–H and O–H groups in total. The van der Waals surface area contributed by atoms with Gasteiger partial charge in [0.2, 0.25) is 0 Å². The van der Waals surface area contributed by atoms with Crippen molar-refractivity contribution in [1.29, 1.82) is 0 Å². The Morgan fingerprint density at radius 2 is 1.26 bits per heavy atom. The van der Waals surface area contributed by atoms with Crippen LogP contribution in [0.4, 0.5) is 0 Å². The van der Waals surface area contributed by atoms with Crippen LogP contribution in [0.5, 0.6) is 0 Å². The van der Waals surface area contributed by atoms with Gasteiger partial charge in [-0.2, -0.15) is 0 Å². The molecule has 0 aliphatic carbocycles. The Hall–Kier alpha value is -3.47. The summed E-state index contributed by atoms with van der Waals surface area (Å²) in [7, 11) is 0. The number of imidazole rings is 1. The molecule has 0 atom stereocenters. The monoisotopic (exact) mass is 549 g/mol. The number of hydrogen-bond acceptors (Lipinski definition) is 10. The van der Waals surface area contributed by atoms with E-state index in [1.54, 1.807) is 12.5 Å². The van der Waals surface area contributed by atoms with Crippen molar-refractivity contribution in [3.8, 4) is 0 Å². The summed E-state index contributed by atoms with van der Waals surface area (Å²) in [5, 5.41) is 0. The van der Waals surface area contributed by atoms with E-state index in [0.717, 1.165) is 25.1 Å². The van der Waals surface area contributed by atoms with Gasteiger partial charge < -0.3 is 28.4 Å². The zero-order valence-corrected chi connectivity index (χ0v) is 23.7. The number of carbonyl (C=O) groups excluding carboxylic acids is 4. The van der Waals surface area contributed by atoms with Crippen molar-refractivity contribution in [1.82, 2.24) is 14.5 Å². The van der Waals surface area contributed by atoms with Crippen LogP contribution in [0.15, 0.2) is 44.0 Å². The highest BCUT2D eigenvalue weighted by Crippen LogP contribution is 2.18. The van der Waals surface area contributed by atoms with E-state index in [0.29, 0.717) is 19.6 Å². The largest absolute Gasteiger partial charge is 0.465 e. The lowest BCUT2D eigenvalue weighted by atomic mass is 9.96. The fraction of sp³-hybridized carbons (Fsp3) is 0.607. The average molecular weight is 550 g/mol. The minimum Gasteiger partial charge on any atom is -0.465 e. The fourth-order valence-electron chi connectivity index (χ4n) is 3.16. The Bertz CT molecular complexity index is 885. The van der Waals surface area contributed by atoms with Crippen LogP contribution in [-0.2, 0) is 44.7 Å². The molecule has 0 amide bonds. The van der Waals surface area contributed by atoms with Crippen LogP contribution < -0.4 is 0 Å². The van der Waals surface area contributed by atoms with E-state index in [1.165, 1.54) is 0 Å². The molecule has 0 fully saturated rings. The number of rotatable bonds is 20. The van der Waals surface area contributed by atoms with E-state index in [2.05, 4.69) is 18.1 Å². The van der Waals surface area contributed by atoms with Crippen molar-refractivity contribution in [3.05, 3.63) is 44.0 Å². The van der Waals surface area contributed by atoms with Gasteiger partial charge in [0, 0.05) is 55.0 Å². The minimum absolute atomic E-state index is 0.0983. The molecule has 1 aromatic rings. The van der Waals surface area contributed by atoms with Crippen molar-refractivity contribution in [3.63, 3.8) is 0 Å². The Morgan fingerprint density at radius 1 is 0.795 bits per heavy atom. The molecule has 0 saturated carbocycles. The van der Waals surface area contributed by atoms with Crippen LogP contribution in [-0.4, -0.2) is 84.4 Å². The summed E-state index contributed by atoms with van der Waals surface area (Å²) in [6, 6.07) is 0. The SMILES string of the molecule is C=CC(=O)OCC(C)(C)COC(=O)CCN(CCCn1ccnc1)CCC(=O)OCC(C)(C)COC(=O)C=C. The zero-order chi connectivity index (χ0) is 29.3. The first-order valence-electron chi connectivity index (χ1n) is 12.9. The molecule has 0 bridgehead atoms. The lowest BCUT2D eigenvalue weighted by Crippen LogP contribution is -2.33. The van der Waals surface area contributed by atoms with Crippen molar-refractivity contribution < 1.29 is 38.1 Å². The fourth-order valence-corrected chi connectivity index (χ4v) is 3.16. The summed E-state index contributed by atoms with van der Waals surface area (Å²) in [4.78, 5) is 53.5. The van der Waals surface area contributed by atoms with Crippen LogP contribution in [0.3, 0.4) is 0 Å². The topological polar surface area (TPSA) is 126 Å². The van der Waals surface area contributed by atoms with E-state index in [9.17, 15) is 19.2 Å². The Kier molecular flexibility index (Phi) is 14.8. The molecule has 0 unspecified atom stereocenters. The summed E-state index contributed by atoms with van der Waals surface area (Å²) in [6.07, 6.45) is 8.58. The predicted molar refractivity (Wildman–Crippen MR) is 144 cm³/mol. The van der Waals surface area contributed by atoms with Crippen LogP contribution in [0.25, 0.3) is 0 Å². The first kappa shape index (κ1) is 33.6. The van der Waals surface area contributed by atoms with Crippen molar-refractivity contribution >= 4 is 23.9 Å². The second-order valence-electron chi connectivity index (χ2n) is 10.8. The summed E-state index contributed by atoms with van der Waals surface area (Å²) >= 11 is 0. The number of esters is 4. The smallest absolute Gasteiger partial charge is 0.330 e. The van der Waals surface area contributed by atoms with Gasteiger partial charge in [0.25, 0.3) is 0 Å². The third kappa shape index (κ3) is 16.2. The second kappa shape index (κ2) is 17.2. The first-order chi connectivity index (χ1) is 18.4. The van der Waals surface area contributed by atoms with Gasteiger partial charge in [0.05, 0.1) is 45.6 Å². The molecule has 1 rings (SSSR count). The highest BCUT2D eigenvalue weighted by Gasteiger charge is 2.24. The summed E-state index contributed by atoms with van der Waals surface area (Å²) < 4.78 is 22.9. The van der Waals surface area contributed by atoms with Crippen molar-refractivity contribution in [2.45, 2.75) is 53.5 Å². The molecule has 11 heteroatoms. The molecule has 1 aromatic heterocycles. The minimum atomic E-state index is -0.541. The second-order valence-corrected chi connectivity index (χ2v) is 10.8. The maximum absolute atomic E-state index is 12.4. The number of carbonyl (C=O) groups is 4. The van der Waals surface area contributed by atoms with E-state index >= 15 is 0 Å². The highest BCUT2D eigenvalue weighted by atomic mass is 16.6. The quantitative estimate of drug-likeness (QED) is 0.136. The van der Waals surface area contributed by atoms with Crippen molar-refractivity contribution in [2.75, 3.05) is 46.1 Å². The molecule has 0 aliphatic rings. The van der Waals surface area contributed by atoms with Crippen molar-refractivity contribution in [2.24, 2.45) is 10.8 Å². The molecule has 0 saturated heterocycles.